The highest BCUT2D eigenvalue weighted by atomic mass is 16.5. The lowest BCUT2D eigenvalue weighted by Gasteiger charge is -2.05. The van der Waals surface area contributed by atoms with Crippen molar-refractivity contribution < 1.29 is 23.8 Å². The van der Waals surface area contributed by atoms with Crippen molar-refractivity contribution in [2.24, 2.45) is 4.99 Å². The maximum absolute atomic E-state index is 11.3. The van der Waals surface area contributed by atoms with Gasteiger partial charge in [0.2, 0.25) is 5.90 Å². The Kier molecular flexibility index (Phi) is 4.14. The molecule has 0 saturated heterocycles. The predicted molar refractivity (Wildman–Crippen MR) is 68.6 cm³/mol. The van der Waals surface area contributed by atoms with Gasteiger partial charge in [-0.2, -0.15) is 0 Å². The predicted octanol–water partition coefficient (Wildman–Crippen LogP) is 0.578. The van der Waals surface area contributed by atoms with Crippen LogP contribution in [0.15, 0.2) is 23.3 Å². The Labute approximate surface area is 114 Å². The van der Waals surface area contributed by atoms with E-state index in [0.717, 1.165) is 0 Å². The minimum absolute atomic E-state index is 0.129. The number of nitrogens with zero attached hydrogens (tertiary/aromatic N) is 2. The van der Waals surface area contributed by atoms with Gasteiger partial charge in [-0.1, -0.05) is 0 Å². The minimum Gasteiger partial charge on any atom is -0.475 e. The van der Waals surface area contributed by atoms with Crippen LogP contribution in [0.5, 0.6) is 0 Å². The van der Waals surface area contributed by atoms with Crippen molar-refractivity contribution in [2.45, 2.75) is 6.04 Å². The van der Waals surface area contributed by atoms with E-state index in [2.05, 4.69) is 24.8 Å². The van der Waals surface area contributed by atoms with Gasteiger partial charge in [-0.3, -0.25) is 5.32 Å². The Morgan fingerprint density at radius 2 is 2.20 bits per heavy atom. The summed E-state index contributed by atoms with van der Waals surface area (Å²) in [7, 11) is 2.55. The molecule has 1 aliphatic rings. The van der Waals surface area contributed by atoms with Gasteiger partial charge in [-0.15, -0.1) is 0 Å². The number of hydrogen-bond acceptors (Lipinski definition) is 7. The lowest BCUT2D eigenvalue weighted by molar-refractivity contribution is -0.142. The van der Waals surface area contributed by atoms with Gasteiger partial charge in [-0.05, 0) is 12.1 Å². The molecule has 0 aromatic carbocycles. The molecule has 1 aromatic heterocycles. The second kappa shape index (κ2) is 6.00. The number of amides is 1. The smallest absolute Gasteiger partial charge is 0.412 e. The van der Waals surface area contributed by atoms with Crippen molar-refractivity contribution in [1.29, 1.82) is 0 Å². The molecule has 1 N–H and O–H groups in total. The topological polar surface area (TPSA) is 99.1 Å². The summed E-state index contributed by atoms with van der Waals surface area (Å²) in [5, 5.41) is 2.43. The van der Waals surface area contributed by atoms with Crippen LogP contribution in [0.4, 0.5) is 10.6 Å². The fraction of sp³-hybridized carbons (Fsp3) is 0.333. The van der Waals surface area contributed by atoms with Crippen LogP contribution in [0.1, 0.15) is 5.56 Å². The molecule has 0 radical (unpaired) electrons. The SMILES string of the molecule is COC(=O)Nc1cc(C2=NC(C(=O)OC)CO2)ccn1. The van der Waals surface area contributed by atoms with Gasteiger partial charge in [0.1, 0.15) is 12.4 Å². The summed E-state index contributed by atoms with van der Waals surface area (Å²) in [6, 6.07) is 2.55. The molecule has 1 aliphatic heterocycles. The summed E-state index contributed by atoms with van der Waals surface area (Å²) in [5.41, 5.74) is 0.595. The van der Waals surface area contributed by atoms with Crippen LogP contribution in [-0.2, 0) is 19.0 Å². The molecule has 0 spiro atoms. The van der Waals surface area contributed by atoms with Crippen LogP contribution < -0.4 is 5.32 Å². The van der Waals surface area contributed by atoms with E-state index in [9.17, 15) is 9.59 Å². The van der Waals surface area contributed by atoms with E-state index in [0.29, 0.717) is 17.3 Å². The average Bonchev–Trinajstić information content (AvgIpc) is 2.96. The van der Waals surface area contributed by atoms with Crippen LogP contribution in [0.2, 0.25) is 0 Å². The second-order valence-corrected chi connectivity index (χ2v) is 3.83. The van der Waals surface area contributed by atoms with E-state index in [1.807, 2.05) is 0 Å². The lowest BCUT2D eigenvalue weighted by atomic mass is 10.2. The van der Waals surface area contributed by atoms with Crippen molar-refractivity contribution >= 4 is 23.8 Å². The van der Waals surface area contributed by atoms with Gasteiger partial charge in [0, 0.05) is 11.8 Å². The normalized spacial score (nSPS) is 16.9. The molecule has 1 aromatic rings. The molecular weight excluding hydrogens is 266 g/mol. The van der Waals surface area contributed by atoms with E-state index >= 15 is 0 Å². The number of carbonyl (C=O) groups is 2. The van der Waals surface area contributed by atoms with Crippen LogP contribution >= 0.6 is 0 Å². The van der Waals surface area contributed by atoms with Crippen LogP contribution in [0.25, 0.3) is 0 Å². The van der Waals surface area contributed by atoms with E-state index < -0.39 is 18.1 Å². The number of esters is 1. The first kappa shape index (κ1) is 13.8. The Hall–Kier alpha value is -2.64. The van der Waals surface area contributed by atoms with Gasteiger partial charge in [0.05, 0.1) is 14.2 Å². The van der Waals surface area contributed by atoms with Crippen molar-refractivity contribution in [2.75, 3.05) is 26.1 Å². The molecule has 1 unspecified atom stereocenters. The fourth-order valence-corrected chi connectivity index (χ4v) is 1.58. The van der Waals surface area contributed by atoms with Crippen molar-refractivity contribution in [3.05, 3.63) is 23.9 Å². The summed E-state index contributed by atoms with van der Waals surface area (Å²) >= 11 is 0. The third-order valence-corrected chi connectivity index (χ3v) is 2.55. The zero-order valence-corrected chi connectivity index (χ0v) is 11.0. The number of anilines is 1. The standard InChI is InChI=1S/C12H13N3O5/c1-18-11(16)8-6-20-10(14-8)7-3-4-13-9(5-7)15-12(17)19-2/h3-5,8H,6H2,1-2H3,(H,13,15,17). The third-order valence-electron chi connectivity index (χ3n) is 2.55. The molecule has 1 atom stereocenters. The minimum atomic E-state index is -0.666. The molecule has 0 fully saturated rings. The van der Waals surface area contributed by atoms with E-state index in [1.165, 1.54) is 20.4 Å². The first-order valence-corrected chi connectivity index (χ1v) is 5.74. The number of ether oxygens (including phenoxy) is 3. The Bertz CT molecular complexity index is 558. The summed E-state index contributed by atoms with van der Waals surface area (Å²) in [6.07, 6.45) is 0.856. The van der Waals surface area contributed by atoms with Crippen molar-refractivity contribution in [3.63, 3.8) is 0 Å². The van der Waals surface area contributed by atoms with Crippen LogP contribution in [-0.4, -0.2) is 49.8 Å². The maximum Gasteiger partial charge on any atom is 0.412 e. The van der Waals surface area contributed by atoms with Crippen molar-refractivity contribution in [3.8, 4) is 0 Å². The lowest BCUT2D eigenvalue weighted by Crippen LogP contribution is -2.21. The van der Waals surface area contributed by atoms with E-state index in [1.54, 1.807) is 12.1 Å². The Balaban J connectivity index is 2.15. The zero-order chi connectivity index (χ0) is 14.5. The Morgan fingerprint density at radius 3 is 2.90 bits per heavy atom. The zero-order valence-electron chi connectivity index (χ0n) is 11.0. The molecule has 8 nitrogen and oxygen atoms in total. The molecule has 0 saturated carbocycles. The van der Waals surface area contributed by atoms with Crippen LogP contribution in [0, 0.1) is 0 Å². The highest BCUT2D eigenvalue weighted by molar-refractivity contribution is 5.98. The molecular formula is C12H13N3O5. The van der Waals surface area contributed by atoms with E-state index in [4.69, 9.17) is 4.74 Å². The Morgan fingerprint density at radius 1 is 1.40 bits per heavy atom. The number of methoxy groups -OCH3 is 2. The van der Waals surface area contributed by atoms with Gasteiger partial charge in [0.25, 0.3) is 0 Å². The highest BCUT2D eigenvalue weighted by Gasteiger charge is 2.27. The monoisotopic (exact) mass is 279 g/mol. The summed E-state index contributed by atoms with van der Waals surface area (Å²) in [6.45, 7) is 0.129. The van der Waals surface area contributed by atoms with Crippen molar-refractivity contribution in [1.82, 2.24) is 4.98 Å². The molecule has 8 heteroatoms. The summed E-state index contributed by atoms with van der Waals surface area (Å²) in [4.78, 5) is 30.5. The first-order chi connectivity index (χ1) is 9.63. The second-order valence-electron chi connectivity index (χ2n) is 3.83. The average molecular weight is 279 g/mol. The van der Waals surface area contributed by atoms with Gasteiger partial charge in [0.15, 0.2) is 6.04 Å². The quantitative estimate of drug-likeness (QED) is 0.812. The number of aliphatic imine (C=N–C) groups is 1. The first-order valence-electron chi connectivity index (χ1n) is 5.74. The number of hydrogen-bond donors (Lipinski definition) is 1. The molecule has 20 heavy (non-hydrogen) atoms. The number of pyridine rings is 1. The van der Waals surface area contributed by atoms with E-state index in [-0.39, 0.29) is 6.61 Å². The molecule has 1 amide bonds. The molecule has 2 heterocycles. The molecule has 0 aliphatic carbocycles. The molecule has 2 rings (SSSR count). The fourth-order valence-electron chi connectivity index (χ4n) is 1.58. The highest BCUT2D eigenvalue weighted by Crippen LogP contribution is 2.15. The van der Waals surface area contributed by atoms with Gasteiger partial charge >= 0.3 is 12.1 Å². The summed E-state index contributed by atoms with van der Waals surface area (Å²) < 4.78 is 14.4. The number of nitrogens with one attached hydrogen (secondary N) is 1. The molecule has 0 bridgehead atoms. The number of carbonyl (C=O) groups excluding carboxylic acids is 2. The maximum atomic E-state index is 11.3. The summed E-state index contributed by atoms with van der Waals surface area (Å²) in [5.74, 6) is 0.139. The number of rotatable bonds is 3. The largest absolute Gasteiger partial charge is 0.475 e. The number of aromatic nitrogens is 1. The van der Waals surface area contributed by atoms with Gasteiger partial charge < -0.3 is 14.2 Å². The molecule has 106 valence electrons. The third kappa shape index (κ3) is 3.02. The van der Waals surface area contributed by atoms with Gasteiger partial charge in [-0.25, -0.2) is 19.6 Å². The van der Waals surface area contributed by atoms with Crippen LogP contribution in [0.3, 0.4) is 0 Å².